The molecule has 82 heavy (non-hydrogen) atoms. The van der Waals surface area contributed by atoms with Crippen molar-refractivity contribution in [2.75, 3.05) is 0 Å². The highest BCUT2D eigenvalue weighted by molar-refractivity contribution is 6.10. The maximum absolute atomic E-state index is 6.87. The van der Waals surface area contributed by atoms with Crippen LogP contribution in [-0.2, 0) is 10.8 Å². The molecule has 11 aromatic carbocycles. The molecule has 0 fully saturated rings. The van der Waals surface area contributed by atoms with Crippen LogP contribution in [0.5, 0.6) is 11.5 Å². The minimum atomic E-state index is -0.389. The lowest BCUT2D eigenvalue weighted by atomic mass is 9.70. The summed E-state index contributed by atoms with van der Waals surface area (Å²) in [5.41, 5.74) is 26.9. The fraction of sp³-hybridized carbons (Fsp3) is 0.0649. The zero-order valence-electron chi connectivity index (χ0n) is 45.5. The fourth-order valence-electron chi connectivity index (χ4n) is 14.1. The number of imidazole rings is 1. The fourth-order valence-corrected chi connectivity index (χ4v) is 14.1. The van der Waals surface area contributed by atoms with Gasteiger partial charge in [0, 0.05) is 23.0 Å². The Kier molecular flexibility index (Phi) is 9.83. The molecule has 0 radical (unpaired) electrons. The molecule has 2 aliphatic carbocycles. The van der Waals surface area contributed by atoms with Crippen LogP contribution in [0.25, 0.3) is 117 Å². The van der Waals surface area contributed by atoms with Crippen LogP contribution in [0.15, 0.2) is 261 Å². The van der Waals surface area contributed by atoms with Gasteiger partial charge in [-0.15, -0.1) is 0 Å². The van der Waals surface area contributed by atoms with Crippen LogP contribution in [0.4, 0.5) is 0 Å². The predicted octanol–water partition coefficient (Wildman–Crippen LogP) is 18.6. The molecule has 1 aliphatic heterocycles. The maximum atomic E-state index is 6.87. The molecule has 5 nitrogen and oxygen atoms in total. The average molecular weight is 1050 g/mol. The quantitative estimate of drug-likeness (QED) is 0.127. The molecule has 0 N–H and O–H groups in total. The molecule has 0 saturated carbocycles. The number of benzene rings is 11. The minimum Gasteiger partial charge on any atom is -0.458 e. The van der Waals surface area contributed by atoms with E-state index in [9.17, 15) is 0 Å². The van der Waals surface area contributed by atoms with Gasteiger partial charge in [-0.25, -0.2) is 4.98 Å². The van der Waals surface area contributed by atoms with Crippen molar-refractivity contribution in [2.24, 2.45) is 0 Å². The first-order valence-electron chi connectivity index (χ1n) is 28.3. The van der Waals surface area contributed by atoms with Gasteiger partial charge in [0.05, 0.1) is 38.9 Å². The van der Waals surface area contributed by atoms with E-state index in [1.807, 2.05) is 12.3 Å². The van der Waals surface area contributed by atoms with Crippen LogP contribution in [0.2, 0.25) is 0 Å². The lowest BCUT2D eigenvalue weighted by molar-refractivity contribution is -0.571. The number of para-hydroxylation sites is 3. The molecule has 0 bridgehead atoms. The number of nitrogens with zero attached hydrogens (tertiary/aromatic N) is 4. The van der Waals surface area contributed by atoms with Gasteiger partial charge >= 0.3 is 0 Å². The van der Waals surface area contributed by atoms with E-state index in [0.29, 0.717) is 0 Å². The SMILES string of the molecule is CC(C)(C)c1ccnc(-n2c3ccccc3c3ccc(Oc4cccc(-n5[c-][n+]6c7c(cccc75)-c5ccccc5-c5ccc(-c7ccc8c(c7)-c7ccccc7C87c8ccccc8-c8ccccc87)cc5-c5ccccc5-6)c4)cc32)c1. The van der Waals surface area contributed by atoms with Crippen molar-refractivity contribution in [1.82, 2.24) is 14.1 Å². The summed E-state index contributed by atoms with van der Waals surface area (Å²) in [6.45, 7) is 6.73. The largest absolute Gasteiger partial charge is 0.458 e. The number of rotatable bonds is 5. The maximum Gasteiger partial charge on any atom is 0.269 e. The molecule has 5 heteroatoms. The third kappa shape index (κ3) is 6.62. The average Bonchev–Trinajstić information content (AvgIpc) is 3.00. The zero-order chi connectivity index (χ0) is 54.4. The van der Waals surface area contributed by atoms with E-state index in [1.165, 1.54) is 72.1 Å². The van der Waals surface area contributed by atoms with Gasteiger partial charge < -0.3 is 4.74 Å². The van der Waals surface area contributed by atoms with Crippen molar-refractivity contribution >= 4 is 32.8 Å². The molecule has 14 aromatic rings. The first-order chi connectivity index (χ1) is 40.3. The van der Waals surface area contributed by atoms with Crippen LogP contribution in [0.1, 0.15) is 48.6 Å². The standard InChI is InChI=1S/C77H52N4O/c1-76(2,3)50-40-41-78-74(44-50)81-71-32-15-10-25-60(71)62-38-36-53(46-73(62)81)82-52-19-16-18-51(45-52)79-47-80-70-31-14-9-26-61(70)64-42-48(34-37-56(64)54-20-4-5-21-55(54)63-27-17-33-72(79)75(63)80)49-35-39-69-65(43-49)59-24-8-13-30-68(59)77(69)66-28-11-6-22-57(66)58-23-7-12-29-67(58)77/h4-46H,1-3H3. The number of fused-ring (bicyclic) bond motifs is 20. The van der Waals surface area contributed by atoms with Gasteiger partial charge in [0.1, 0.15) is 17.3 Å². The van der Waals surface area contributed by atoms with Gasteiger partial charge in [-0.1, -0.05) is 203 Å². The number of aromatic nitrogens is 4. The zero-order valence-corrected chi connectivity index (χ0v) is 45.5. The predicted molar refractivity (Wildman–Crippen MR) is 333 cm³/mol. The molecule has 0 amide bonds. The van der Waals surface area contributed by atoms with Gasteiger partial charge in [-0.3, -0.25) is 13.7 Å². The lowest BCUT2D eigenvalue weighted by Crippen LogP contribution is -2.30. The van der Waals surface area contributed by atoms with Crippen molar-refractivity contribution in [2.45, 2.75) is 31.6 Å². The number of pyridine rings is 1. The molecular weight excluding hydrogens is 997 g/mol. The van der Waals surface area contributed by atoms with Crippen molar-refractivity contribution in [1.29, 1.82) is 0 Å². The van der Waals surface area contributed by atoms with E-state index in [4.69, 9.17) is 9.72 Å². The summed E-state index contributed by atoms with van der Waals surface area (Å²) in [5.74, 6) is 2.35. The second-order valence-corrected chi connectivity index (χ2v) is 23.2. The van der Waals surface area contributed by atoms with E-state index in [-0.39, 0.29) is 10.8 Å². The van der Waals surface area contributed by atoms with E-state index in [2.05, 4.69) is 290 Å². The molecule has 0 atom stereocenters. The Labute approximate surface area is 475 Å². The molecule has 386 valence electrons. The topological polar surface area (TPSA) is 35.9 Å². The van der Waals surface area contributed by atoms with Gasteiger partial charge in [0.15, 0.2) is 0 Å². The highest BCUT2D eigenvalue weighted by Crippen LogP contribution is 2.63. The summed E-state index contributed by atoms with van der Waals surface area (Å²) >= 11 is 0. The van der Waals surface area contributed by atoms with Crippen molar-refractivity contribution in [3.05, 3.63) is 295 Å². The van der Waals surface area contributed by atoms with Crippen LogP contribution in [-0.4, -0.2) is 14.1 Å². The van der Waals surface area contributed by atoms with E-state index < -0.39 is 0 Å². The molecule has 17 rings (SSSR count). The number of ether oxygens (including phenoxy) is 1. The second-order valence-electron chi connectivity index (χ2n) is 23.2. The molecule has 0 saturated heterocycles. The minimum absolute atomic E-state index is 0.0281. The number of hydrogen-bond donors (Lipinski definition) is 0. The molecule has 1 spiro atoms. The highest BCUT2D eigenvalue weighted by Gasteiger charge is 2.51. The normalized spacial score (nSPS) is 13.2. The van der Waals surface area contributed by atoms with Crippen LogP contribution >= 0.6 is 0 Å². The van der Waals surface area contributed by atoms with Crippen molar-refractivity contribution < 1.29 is 9.30 Å². The Morgan fingerprint density at radius 2 is 0.976 bits per heavy atom. The van der Waals surface area contributed by atoms with Gasteiger partial charge in [-0.05, 0) is 167 Å². The Balaban J connectivity index is 0.790. The highest BCUT2D eigenvalue weighted by atomic mass is 16.5. The van der Waals surface area contributed by atoms with Crippen molar-refractivity contribution in [3.63, 3.8) is 0 Å². The Bertz CT molecular complexity index is 4980. The van der Waals surface area contributed by atoms with Crippen LogP contribution in [0.3, 0.4) is 0 Å². The Morgan fingerprint density at radius 1 is 0.415 bits per heavy atom. The first kappa shape index (κ1) is 46.5. The summed E-state index contributed by atoms with van der Waals surface area (Å²) in [6, 6.07) is 93.5. The smallest absolute Gasteiger partial charge is 0.269 e. The molecule has 0 unspecified atom stereocenters. The Hall–Kier alpha value is -10.4. The number of hydrogen-bond acceptors (Lipinski definition) is 2. The summed E-state index contributed by atoms with van der Waals surface area (Å²) in [5, 5.41) is 2.32. The monoisotopic (exact) mass is 1050 g/mol. The van der Waals surface area contributed by atoms with E-state index in [1.54, 1.807) is 0 Å². The summed E-state index contributed by atoms with van der Waals surface area (Å²) in [4.78, 5) is 4.92. The van der Waals surface area contributed by atoms with Gasteiger partial charge in [-0.2, -0.15) is 0 Å². The molecule has 3 aromatic heterocycles. The van der Waals surface area contributed by atoms with E-state index in [0.717, 1.165) is 84.0 Å². The third-order valence-electron chi connectivity index (χ3n) is 17.8. The van der Waals surface area contributed by atoms with E-state index >= 15 is 0 Å². The van der Waals surface area contributed by atoms with Gasteiger partial charge in [0.2, 0.25) is 0 Å². The van der Waals surface area contributed by atoms with Crippen molar-refractivity contribution in [3.8, 4) is 95.5 Å². The summed E-state index contributed by atoms with van der Waals surface area (Å²) < 4.78 is 13.6. The summed E-state index contributed by atoms with van der Waals surface area (Å²) in [6.07, 6.45) is 5.85. The van der Waals surface area contributed by atoms with Crippen LogP contribution < -0.4 is 9.30 Å². The third-order valence-corrected chi connectivity index (χ3v) is 17.8. The molecule has 3 aliphatic rings. The van der Waals surface area contributed by atoms with Gasteiger partial charge in [0.25, 0.3) is 6.33 Å². The Morgan fingerprint density at radius 3 is 1.73 bits per heavy atom. The summed E-state index contributed by atoms with van der Waals surface area (Å²) in [7, 11) is 0. The first-order valence-corrected chi connectivity index (χ1v) is 28.3. The van der Waals surface area contributed by atoms with Crippen LogP contribution in [0, 0.1) is 6.33 Å². The molecular formula is C77H52N4O. The second kappa shape index (κ2) is 17.3. The lowest BCUT2D eigenvalue weighted by Gasteiger charge is -2.30. The molecule has 4 heterocycles.